The molecule has 0 spiro atoms. The van der Waals surface area contributed by atoms with Crippen molar-refractivity contribution < 1.29 is 28.2 Å². The fourth-order valence-electron chi connectivity index (χ4n) is 2.94. The highest BCUT2D eigenvalue weighted by molar-refractivity contribution is 6.08. The van der Waals surface area contributed by atoms with Crippen LogP contribution in [0.2, 0.25) is 0 Å². The van der Waals surface area contributed by atoms with Crippen molar-refractivity contribution in [3.8, 4) is 5.75 Å². The number of nitrogens with one attached hydrogen (secondary N) is 1. The lowest BCUT2D eigenvalue weighted by Gasteiger charge is -2.12. The second-order valence-electron chi connectivity index (χ2n) is 6.71. The van der Waals surface area contributed by atoms with E-state index in [0.717, 1.165) is 17.7 Å². The minimum absolute atomic E-state index is 0.0312. The van der Waals surface area contributed by atoms with E-state index in [1.54, 1.807) is 36.4 Å². The average Bonchev–Trinajstić information content (AvgIpc) is 2.77. The normalized spacial score (nSPS) is 10.3. The molecule has 0 bridgehead atoms. The van der Waals surface area contributed by atoms with Crippen LogP contribution in [0.25, 0.3) is 0 Å². The van der Waals surface area contributed by atoms with Gasteiger partial charge >= 0.3 is 5.97 Å². The molecule has 0 aliphatic rings. The van der Waals surface area contributed by atoms with Crippen LogP contribution in [0.3, 0.4) is 0 Å². The summed E-state index contributed by atoms with van der Waals surface area (Å²) in [6, 6.07) is 16.8. The number of benzene rings is 3. The van der Waals surface area contributed by atoms with E-state index in [2.05, 4.69) is 5.32 Å². The molecule has 31 heavy (non-hydrogen) atoms. The summed E-state index contributed by atoms with van der Waals surface area (Å²) in [5, 5.41) is 2.69. The first-order valence-corrected chi connectivity index (χ1v) is 9.40. The molecule has 1 amide bonds. The fraction of sp³-hybridized carbons (Fsp3) is 0.125. The number of hydrogen-bond donors (Lipinski definition) is 1. The highest BCUT2D eigenvalue weighted by Gasteiger charge is 2.19. The molecule has 1 N–H and O–H groups in total. The van der Waals surface area contributed by atoms with Gasteiger partial charge in [-0.2, -0.15) is 0 Å². The minimum Gasteiger partial charge on any atom is -0.496 e. The number of ketones is 1. The van der Waals surface area contributed by atoms with Crippen molar-refractivity contribution in [3.05, 3.63) is 94.8 Å². The molecule has 0 heterocycles. The minimum atomic E-state index is -0.802. The van der Waals surface area contributed by atoms with Gasteiger partial charge in [0.1, 0.15) is 11.6 Å². The third kappa shape index (κ3) is 5.33. The Morgan fingerprint density at radius 3 is 2.45 bits per heavy atom. The van der Waals surface area contributed by atoms with Crippen LogP contribution in [0, 0.1) is 12.7 Å². The van der Waals surface area contributed by atoms with Crippen molar-refractivity contribution in [2.24, 2.45) is 0 Å². The highest BCUT2D eigenvalue weighted by atomic mass is 19.1. The summed E-state index contributed by atoms with van der Waals surface area (Å²) in [7, 11) is 1.35. The second kappa shape index (κ2) is 9.67. The summed E-state index contributed by atoms with van der Waals surface area (Å²) in [4.78, 5) is 37.5. The van der Waals surface area contributed by atoms with E-state index < -0.39 is 24.2 Å². The lowest BCUT2D eigenvalue weighted by Crippen LogP contribution is -2.18. The molecule has 3 aromatic rings. The van der Waals surface area contributed by atoms with Crippen molar-refractivity contribution in [1.82, 2.24) is 0 Å². The Hall–Kier alpha value is -4.00. The predicted octanol–water partition coefficient (Wildman–Crippen LogP) is 4.43. The van der Waals surface area contributed by atoms with Gasteiger partial charge in [0.2, 0.25) is 5.78 Å². The molecule has 0 saturated carbocycles. The molecule has 0 atom stereocenters. The molecule has 158 valence electrons. The van der Waals surface area contributed by atoms with Gasteiger partial charge in [0.05, 0.1) is 23.9 Å². The average molecular weight is 421 g/mol. The first-order chi connectivity index (χ1) is 14.9. The van der Waals surface area contributed by atoms with Crippen molar-refractivity contribution in [2.45, 2.75) is 6.92 Å². The number of hydrogen-bond acceptors (Lipinski definition) is 5. The number of rotatable bonds is 7. The quantitative estimate of drug-likeness (QED) is 0.451. The van der Waals surface area contributed by atoms with Crippen molar-refractivity contribution in [1.29, 1.82) is 0 Å². The van der Waals surface area contributed by atoms with Crippen LogP contribution in [0.15, 0.2) is 66.7 Å². The van der Waals surface area contributed by atoms with Gasteiger partial charge < -0.3 is 14.8 Å². The number of para-hydroxylation sites is 1. The maximum atomic E-state index is 13.5. The SMILES string of the molecule is COc1ccc(F)cc1C(=O)COC(=O)c1ccccc1NC(=O)c1cccc(C)c1. The zero-order chi connectivity index (χ0) is 22.4. The fourth-order valence-corrected chi connectivity index (χ4v) is 2.94. The van der Waals surface area contributed by atoms with Crippen LogP contribution in [-0.4, -0.2) is 31.4 Å². The Morgan fingerprint density at radius 1 is 0.935 bits per heavy atom. The highest BCUT2D eigenvalue weighted by Crippen LogP contribution is 2.21. The molecule has 0 radical (unpaired) electrons. The Labute approximate surface area is 178 Å². The maximum absolute atomic E-state index is 13.5. The van der Waals surface area contributed by atoms with Gasteiger partial charge in [0.15, 0.2) is 6.61 Å². The number of amides is 1. The molecule has 0 unspecified atom stereocenters. The number of aryl methyl sites for hydroxylation is 1. The van der Waals surface area contributed by atoms with E-state index in [1.165, 1.54) is 19.2 Å². The van der Waals surface area contributed by atoms with E-state index in [1.807, 2.05) is 13.0 Å². The van der Waals surface area contributed by atoms with E-state index >= 15 is 0 Å². The van der Waals surface area contributed by atoms with Gasteiger partial charge in [0.25, 0.3) is 5.91 Å². The lowest BCUT2D eigenvalue weighted by molar-refractivity contribution is 0.0475. The summed E-state index contributed by atoms with van der Waals surface area (Å²) in [5.41, 5.74) is 1.66. The van der Waals surface area contributed by atoms with E-state index in [9.17, 15) is 18.8 Å². The zero-order valence-electron chi connectivity index (χ0n) is 17.0. The summed E-state index contributed by atoms with van der Waals surface area (Å²) in [6.45, 7) is 1.26. The number of ether oxygens (including phenoxy) is 2. The summed E-state index contributed by atoms with van der Waals surface area (Å²) >= 11 is 0. The molecule has 3 aromatic carbocycles. The second-order valence-corrected chi connectivity index (χ2v) is 6.71. The van der Waals surface area contributed by atoms with Crippen molar-refractivity contribution >= 4 is 23.3 Å². The smallest absolute Gasteiger partial charge is 0.340 e. The molecular weight excluding hydrogens is 401 g/mol. The molecule has 6 nitrogen and oxygen atoms in total. The lowest BCUT2D eigenvalue weighted by atomic mass is 10.1. The standard InChI is InChI=1S/C24H20FNO5/c1-15-6-5-7-16(12-15)23(28)26-20-9-4-3-8-18(20)24(29)31-14-21(27)19-13-17(25)10-11-22(19)30-2/h3-13H,14H2,1-2H3,(H,26,28). The largest absolute Gasteiger partial charge is 0.496 e. The van der Waals surface area contributed by atoms with Gasteiger partial charge in [-0.1, -0.05) is 29.8 Å². The van der Waals surface area contributed by atoms with Crippen LogP contribution in [0.5, 0.6) is 5.75 Å². The number of anilines is 1. The van der Waals surface area contributed by atoms with Gasteiger partial charge in [0, 0.05) is 5.56 Å². The first kappa shape index (κ1) is 21.7. The summed E-state index contributed by atoms with van der Waals surface area (Å²) < 4.78 is 23.7. The van der Waals surface area contributed by atoms with Crippen LogP contribution in [-0.2, 0) is 4.74 Å². The molecule has 0 aliphatic heterocycles. The van der Waals surface area contributed by atoms with Gasteiger partial charge in [-0.25, -0.2) is 9.18 Å². The number of methoxy groups -OCH3 is 1. The van der Waals surface area contributed by atoms with Crippen LogP contribution >= 0.6 is 0 Å². The molecule has 0 saturated heterocycles. The maximum Gasteiger partial charge on any atom is 0.340 e. The third-order valence-corrected chi connectivity index (χ3v) is 4.47. The Morgan fingerprint density at radius 2 is 1.71 bits per heavy atom. The van der Waals surface area contributed by atoms with Crippen LogP contribution in [0.4, 0.5) is 10.1 Å². The Balaban J connectivity index is 1.72. The number of carbonyl (C=O) groups excluding carboxylic acids is 3. The van der Waals surface area contributed by atoms with Crippen LogP contribution in [0.1, 0.15) is 36.6 Å². The summed E-state index contributed by atoms with van der Waals surface area (Å²) in [5.74, 6) is -2.24. The molecule has 7 heteroatoms. The summed E-state index contributed by atoms with van der Waals surface area (Å²) in [6.07, 6.45) is 0. The zero-order valence-corrected chi connectivity index (χ0v) is 17.0. The van der Waals surface area contributed by atoms with Crippen LogP contribution < -0.4 is 10.1 Å². The Bertz CT molecular complexity index is 1140. The van der Waals surface area contributed by atoms with E-state index in [0.29, 0.717) is 5.56 Å². The Kier molecular flexibility index (Phi) is 6.77. The molecule has 3 rings (SSSR count). The van der Waals surface area contributed by atoms with Gasteiger partial charge in [-0.15, -0.1) is 0 Å². The van der Waals surface area contributed by atoms with Gasteiger partial charge in [-0.05, 0) is 49.4 Å². The van der Waals surface area contributed by atoms with E-state index in [-0.39, 0.29) is 28.5 Å². The monoisotopic (exact) mass is 421 g/mol. The topological polar surface area (TPSA) is 81.7 Å². The van der Waals surface area contributed by atoms with Gasteiger partial charge in [-0.3, -0.25) is 9.59 Å². The number of carbonyl (C=O) groups is 3. The third-order valence-electron chi connectivity index (χ3n) is 4.47. The molecule has 0 fully saturated rings. The van der Waals surface area contributed by atoms with Crippen molar-refractivity contribution in [3.63, 3.8) is 0 Å². The number of esters is 1. The number of Topliss-reactive ketones (excluding diaryl/α,β-unsaturated/α-hetero) is 1. The molecule has 0 aromatic heterocycles. The van der Waals surface area contributed by atoms with E-state index in [4.69, 9.17) is 9.47 Å². The molecule has 0 aliphatic carbocycles. The van der Waals surface area contributed by atoms with Crippen molar-refractivity contribution in [2.75, 3.05) is 19.0 Å². The molecular formula is C24H20FNO5. The first-order valence-electron chi connectivity index (χ1n) is 9.40. The predicted molar refractivity (Wildman–Crippen MR) is 113 cm³/mol. The number of halogens is 1.